The molecular weight excluding hydrogens is 260 g/mol. The molecule has 0 aromatic carbocycles. The minimum absolute atomic E-state index is 0.100. The van der Waals surface area contributed by atoms with Gasteiger partial charge in [0.25, 0.3) is 5.56 Å². The Morgan fingerprint density at radius 2 is 2.15 bits per heavy atom. The Bertz CT molecular complexity index is 569. The average Bonchev–Trinajstić information content (AvgIpc) is 2.46. The van der Waals surface area contributed by atoms with E-state index in [0.29, 0.717) is 0 Å². The molecule has 6 heteroatoms. The van der Waals surface area contributed by atoms with Crippen LogP contribution in [-0.4, -0.2) is 20.8 Å². The van der Waals surface area contributed by atoms with Crippen LogP contribution in [0.15, 0.2) is 28.4 Å². The zero-order valence-electron chi connectivity index (χ0n) is 11.4. The highest BCUT2D eigenvalue weighted by Crippen LogP contribution is 2.24. The van der Waals surface area contributed by atoms with E-state index in [1.165, 1.54) is 23.3 Å². The normalized spacial score (nSPS) is 17.9. The van der Waals surface area contributed by atoms with Crippen LogP contribution in [0.5, 0.6) is 0 Å². The van der Waals surface area contributed by atoms with Gasteiger partial charge in [-0.15, -0.1) is 0 Å². The second-order valence-corrected chi connectivity index (χ2v) is 5.00. The Labute approximate surface area is 116 Å². The summed E-state index contributed by atoms with van der Waals surface area (Å²) in [6.45, 7) is 3.26. The van der Waals surface area contributed by atoms with Crippen LogP contribution < -0.4 is 11.2 Å². The fourth-order valence-electron chi connectivity index (χ4n) is 2.46. The third kappa shape index (κ3) is 3.26. The summed E-state index contributed by atoms with van der Waals surface area (Å²) in [5.41, 5.74) is -1.01. The van der Waals surface area contributed by atoms with Crippen molar-refractivity contribution >= 4 is 0 Å². The molecule has 0 bridgehead atoms. The number of nitrogens with one attached hydrogen (secondary N) is 1. The van der Waals surface area contributed by atoms with Gasteiger partial charge < -0.3 is 9.84 Å². The number of hydrogen-bond donors (Lipinski definition) is 2. The lowest BCUT2D eigenvalue weighted by molar-refractivity contribution is -0.0439. The van der Waals surface area contributed by atoms with E-state index in [9.17, 15) is 9.59 Å². The summed E-state index contributed by atoms with van der Waals surface area (Å²) in [6, 6.07) is 0. The van der Waals surface area contributed by atoms with Crippen molar-refractivity contribution in [3.05, 3.63) is 45.3 Å². The Balaban J connectivity index is 2.24. The van der Waals surface area contributed by atoms with Gasteiger partial charge in [-0.1, -0.05) is 25.8 Å². The first-order chi connectivity index (χ1) is 9.65. The molecule has 0 radical (unpaired) electrons. The predicted molar refractivity (Wildman–Crippen MR) is 74.4 cm³/mol. The summed E-state index contributed by atoms with van der Waals surface area (Å²) in [4.78, 5) is 25.5. The highest BCUT2D eigenvalue weighted by molar-refractivity contribution is 5.04. The van der Waals surface area contributed by atoms with Crippen molar-refractivity contribution in [3.63, 3.8) is 0 Å². The van der Waals surface area contributed by atoms with E-state index >= 15 is 0 Å². The summed E-state index contributed by atoms with van der Waals surface area (Å²) in [5, 5.41) is 9.11. The van der Waals surface area contributed by atoms with Crippen LogP contribution in [0, 0.1) is 0 Å². The first-order valence-electron chi connectivity index (χ1n) is 6.89. The van der Waals surface area contributed by atoms with Crippen LogP contribution in [0.25, 0.3) is 0 Å². The SMILES string of the molecule is C=C[C@H](OC1CCCCC1)n1cc(CO)c(=O)[nH]c1=O. The molecule has 20 heavy (non-hydrogen) atoms. The number of aromatic amines is 1. The van der Waals surface area contributed by atoms with Crippen molar-refractivity contribution in [2.45, 2.75) is 51.0 Å². The number of ether oxygens (including phenoxy) is 1. The lowest BCUT2D eigenvalue weighted by Gasteiger charge is -2.27. The molecule has 1 aromatic heterocycles. The van der Waals surface area contributed by atoms with Crippen LogP contribution in [0.1, 0.15) is 43.9 Å². The molecule has 2 N–H and O–H groups in total. The van der Waals surface area contributed by atoms with Crippen molar-refractivity contribution in [2.24, 2.45) is 0 Å². The van der Waals surface area contributed by atoms with Crippen molar-refractivity contribution in [1.82, 2.24) is 9.55 Å². The van der Waals surface area contributed by atoms with E-state index in [4.69, 9.17) is 9.84 Å². The number of rotatable bonds is 5. The summed E-state index contributed by atoms with van der Waals surface area (Å²) in [5.74, 6) is 0. The van der Waals surface area contributed by atoms with Gasteiger partial charge in [0.1, 0.15) is 0 Å². The molecule has 6 nitrogen and oxygen atoms in total. The molecule has 1 aromatic rings. The molecule has 0 spiro atoms. The van der Waals surface area contributed by atoms with Crippen LogP contribution in [0.4, 0.5) is 0 Å². The van der Waals surface area contributed by atoms with E-state index in [-0.39, 0.29) is 11.7 Å². The highest BCUT2D eigenvalue weighted by Gasteiger charge is 2.19. The van der Waals surface area contributed by atoms with Gasteiger partial charge in [-0.3, -0.25) is 14.3 Å². The fraction of sp³-hybridized carbons (Fsp3) is 0.571. The maximum atomic E-state index is 11.8. The Hall–Kier alpha value is -1.66. The van der Waals surface area contributed by atoms with Gasteiger partial charge in [0.05, 0.1) is 18.3 Å². The number of hydrogen-bond acceptors (Lipinski definition) is 4. The van der Waals surface area contributed by atoms with E-state index < -0.39 is 24.1 Å². The number of aliphatic hydroxyl groups excluding tert-OH is 1. The number of aromatic nitrogens is 2. The third-order valence-corrected chi connectivity index (χ3v) is 3.57. The lowest BCUT2D eigenvalue weighted by atomic mass is 9.98. The molecule has 0 amide bonds. The topological polar surface area (TPSA) is 84.3 Å². The minimum Gasteiger partial charge on any atom is -0.391 e. The van der Waals surface area contributed by atoms with Gasteiger partial charge in [0.15, 0.2) is 6.23 Å². The highest BCUT2D eigenvalue weighted by atomic mass is 16.5. The Morgan fingerprint density at radius 3 is 2.75 bits per heavy atom. The maximum Gasteiger partial charge on any atom is 0.330 e. The molecule has 1 aliphatic rings. The molecule has 110 valence electrons. The van der Waals surface area contributed by atoms with Gasteiger partial charge in [-0.2, -0.15) is 0 Å². The second kappa shape index (κ2) is 6.67. The van der Waals surface area contributed by atoms with E-state index in [1.807, 2.05) is 0 Å². The van der Waals surface area contributed by atoms with Gasteiger partial charge in [-0.05, 0) is 18.9 Å². The van der Waals surface area contributed by atoms with E-state index in [0.717, 1.165) is 25.7 Å². The third-order valence-electron chi connectivity index (χ3n) is 3.57. The largest absolute Gasteiger partial charge is 0.391 e. The van der Waals surface area contributed by atoms with Crippen molar-refractivity contribution in [1.29, 1.82) is 0 Å². The minimum atomic E-state index is -0.632. The van der Waals surface area contributed by atoms with Gasteiger partial charge >= 0.3 is 5.69 Å². The molecule has 1 fully saturated rings. The zero-order chi connectivity index (χ0) is 14.5. The van der Waals surface area contributed by atoms with Crippen LogP contribution in [0.3, 0.4) is 0 Å². The van der Waals surface area contributed by atoms with Gasteiger partial charge in [0, 0.05) is 6.20 Å². The first kappa shape index (κ1) is 14.7. The monoisotopic (exact) mass is 280 g/mol. The van der Waals surface area contributed by atoms with Crippen LogP contribution >= 0.6 is 0 Å². The number of aliphatic hydroxyl groups is 1. The summed E-state index contributed by atoms with van der Waals surface area (Å²) < 4.78 is 7.15. The fourth-order valence-corrected chi connectivity index (χ4v) is 2.46. The van der Waals surface area contributed by atoms with Crippen LogP contribution in [-0.2, 0) is 11.3 Å². The number of H-pyrrole nitrogens is 1. The van der Waals surface area contributed by atoms with Crippen molar-refractivity contribution < 1.29 is 9.84 Å². The van der Waals surface area contributed by atoms with Crippen molar-refractivity contribution in [2.75, 3.05) is 0 Å². The lowest BCUT2D eigenvalue weighted by Crippen LogP contribution is -2.35. The van der Waals surface area contributed by atoms with Gasteiger partial charge in [0.2, 0.25) is 0 Å². The standard InChI is InChI=1S/C14H20N2O4/c1-2-12(20-11-6-4-3-5-7-11)16-8-10(9-17)13(18)15-14(16)19/h2,8,11-12,17H,1,3-7,9H2,(H,15,18,19)/t12-/m0/s1. The quantitative estimate of drug-likeness (QED) is 0.790. The smallest absolute Gasteiger partial charge is 0.330 e. The predicted octanol–water partition coefficient (Wildman–Crippen LogP) is 1.06. The zero-order valence-corrected chi connectivity index (χ0v) is 11.4. The first-order valence-corrected chi connectivity index (χ1v) is 6.89. The molecule has 1 heterocycles. The average molecular weight is 280 g/mol. The molecule has 1 atom stereocenters. The molecule has 2 rings (SSSR count). The maximum absolute atomic E-state index is 11.8. The molecule has 0 saturated heterocycles. The summed E-state index contributed by atoms with van der Waals surface area (Å²) in [7, 11) is 0. The van der Waals surface area contributed by atoms with Gasteiger partial charge in [-0.25, -0.2) is 4.79 Å². The van der Waals surface area contributed by atoms with E-state index in [1.54, 1.807) is 0 Å². The van der Waals surface area contributed by atoms with Crippen LogP contribution in [0.2, 0.25) is 0 Å². The van der Waals surface area contributed by atoms with E-state index in [2.05, 4.69) is 11.6 Å². The summed E-state index contributed by atoms with van der Waals surface area (Å²) >= 11 is 0. The van der Waals surface area contributed by atoms with Crippen molar-refractivity contribution in [3.8, 4) is 0 Å². The second-order valence-electron chi connectivity index (χ2n) is 5.00. The molecule has 1 aliphatic carbocycles. The Kier molecular flexibility index (Phi) is 4.92. The molecule has 0 unspecified atom stereocenters. The Morgan fingerprint density at radius 1 is 1.45 bits per heavy atom. The molecular formula is C14H20N2O4. The summed E-state index contributed by atoms with van der Waals surface area (Å²) in [6.07, 6.45) is 7.71. The number of nitrogens with zero attached hydrogens (tertiary/aromatic N) is 1. The molecule has 1 saturated carbocycles. The molecule has 0 aliphatic heterocycles.